The summed E-state index contributed by atoms with van der Waals surface area (Å²) in [6, 6.07) is 0. The van der Waals surface area contributed by atoms with Gasteiger partial charge in [-0.3, -0.25) is 19.2 Å². The number of Topliss-reactive ketones (excluding diaryl/α,β-unsaturated/α-hetero) is 1. The lowest BCUT2D eigenvalue weighted by molar-refractivity contribution is -0.312. The fraction of sp³-hybridized carbons (Fsp3) is 0.750. The Morgan fingerprint density at radius 2 is 1.56 bits per heavy atom. The number of carbonyl (C=O) groups is 4. The molecule has 4 N–H and O–H groups in total. The molecule has 0 spiro atoms. The molecule has 12 atom stereocenters. The number of aliphatic hydroxyl groups is 4. The highest BCUT2D eigenvalue weighted by Crippen LogP contribution is 2.60. The van der Waals surface area contributed by atoms with Crippen LogP contribution in [0.4, 0.5) is 0 Å². The zero-order valence-corrected chi connectivity index (χ0v) is 26.8. The Hall–Kier alpha value is -2.68. The first-order valence-corrected chi connectivity index (χ1v) is 15.3. The van der Waals surface area contributed by atoms with Crippen LogP contribution in [0.5, 0.6) is 0 Å². The highest BCUT2D eigenvalue weighted by Gasteiger charge is 2.64. The summed E-state index contributed by atoms with van der Waals surface area (Å²) >= 11 is 0. The molecule has 1 saturated heterocycles. The summed E-state index contributed by atoms with van der Waals surface area (Å²) in [7, 11) is 0. The fourth-order valence-corrected chi connectivity index (χ4v) is 8.10. The van der Waals surface area contributed by atoms with E-state index in [1.807, 2.05) is 20.8 Å². The first-order chi connectivity index (χ1) is 20.9. The Labute approximate surface area is 262 Å². The van der Waals surface area contributed by atoms with Gasteiger partial charge in [0.1, 0.15) is 36.6 Å². The first-order valence-electron chi connectivity index (χ1n) is 15.3. The molecule has 0 aromatic rings. The smallest absolute Gasteiger partial charge is 0.303 e. The van der Waals surface area contributed by atoms with Crippen molar-refractivity contribution in [2.75, 3.05) is 6.61 Å². The SMILES string of the molecule is C=C1C(OC2OC(CO)C(O)C(O)C2O)CCC2(C)C(OC(C)=O)C(OC(C)=O)C3=C(C)C(=O)CC(C(OC(C)=O)C12)C3(C)C. The Kier molecular flexibility index (Phi) is 10.0. The molecule has 0 aromatic heterocycles. The number of ether oxygens (including phenoxy) is 5. The van der Waals surface area contributed by atoms with Crippen LogP contribution >= 0.6 is 0 Å². The van der Waals surface area contributed by atoms with Gasteiger partial charge in [0.05, 0.1) is 12.7 Å². The number of hydrogen-bond donors (Lipinski definition) is 4. The van der Waals surface area contributed by atoms with E-state index in [1.54, 1.807) is 6.92 Å². The fourth-order valence-electron chi connectivity index (χ4n) is 8.10. The summed E-state index contributed by atoms with van der Waals surface area (Å²) in [5.74, 6) is -3.57. The lowest BCUT2D eigenvalue weighted by atomic mass is 9.49. The second-order valence-corrected chi connectivity index (χ2v) is 13.5. The second-order valence-electron chi connectivity index (χ2n) is 13.5. The van der Waals surface area contributed by atoms with Gasteiger partial charge >= 0.3 is 17.9 Å². The summed E-state index contributed by atoms with van der Waals surface area (Å²) in [5, 5.41) is 40.9. The predicted octanol–water partition coefficient (Wildman–Crippen LogP) is 0.884. The average Bonchev–Trinajstić information content (AvgIpc) is 2.93. The molecule has 12 unspecified atom stereocenters. The van der Waals surface area contributed by atoms with Crippen LogP contribution in [-0.4, -0.2) is 106 Å². The number of allylic oxidation sites excluding steroid dienone is 1. The largest absolute Gasteiger partial charge is 0.462 e. The maximum absolute atomic E-state index is 13.6. The van der Waals surface area contributed by atoms with Gasteiger partial charge in [-0.25, -0.2) is 0 Å². The Morgan fingerprint density at radius 3 is 2.11 bits per heavy atom. The van der Waals surface area contributed by atoms with Crippen molar-refractivity contribution in [3.63, 3.8) is 0 Å². The molecule has 4 rings (SSSR count). The molecule has 2 bridgehead atoms. The van der Waals surface area contributed by atoms with Gasteiger partial charge in [-0.1, -0.05) is 27.4 Å². The van der Waals surface area contributed by atoms with Gasteiger partial charge < -0.3 is 44.1 Å². The van der Waals surface area contributed by atoms with Gasteiger partial charge in [0.2, 0.25) is 0 Å². The molecule has 3 fully saturated rings. The van der Waals surface area contributed by atoms with E-state index in [4.69, 9.17) is 23.7 Å². The van der Waals surface area contributed by atoms with Gasteiger partial charge in [0.15, 0.2) is 18.2 Å². The summed E-state index contributed by atoms with van der Waals surface area (Å²) in [5.41, 5.74) is -0.722. The minimum Gasteiger partial charge on any atom is -0.462 e. The number of aliphatic hydroxyl groups excluding tert-OH is 4. The molecule has 45 heavy (non-hydrogen) atoms. The van der Waals surface area contributed by atoms with E-state index in [2.05, 4.69) is 6.58 Å². The predicted molar refractivity (Wildman–Crippen MR) is 155 cm³/mol. The number of ketones is 1. The Balaban J connectivity index is 1.89. The van der Waals surface area contributed by atoms with Gasteiger partial charge in [0, 0.05) is 44.4 Å². The molecule has 0 amide bonds. The monoisotopic (exact) mass is 638 g/mol. The van der Waals surface area contributed by atoms with E-state index in [0.717, 1.165) is 0 Å². The van der Waals surface area contributed by atoms with Crippen molar-refractivity contribution in [1.29, 1.82) is 0 Å². The zero-order chi connectivity index (χ0) is 33.8. The first kappa shape index (κ1) is 35.2. The molecule has 13 heteroatoms. The van der Waals surface area contributed by atoms with E-state index < -0.39 is 102 Å². The summed E-state index contributed by atoms with van der Waals surface area (Å²) in [6.07, 6.45) is -11.2. The van der Waals surface area contributed by atoms with E-state index >= 15 is 0 Å². The normalized spacial score (nSPS) is 41.4. The highest BCUT2D eigenvalue weighted by molar-refractivity contribution is 5.97. The van der Waals surface area contributed by atoms with E-state index in [-0.39, 0.29) is 25.0 Å². The van der Waals surface area contributed by atoms with Crippen LogP contribution in [0.25, 0.3) is 0 Å². The lowest BCUT2D eigenvalue weighted by Gasteiger charge is -2.59. The molecule has 3 aliphatic carbocycles. The minimum absolute atomic E-state index is 0.0173. The average molecular weight is 639 g/mol. The summed E-state index contributed by atoms with van der Waals surface area (Å²) in [6.45, 7) is 14.7. The maximum Gasteiger partial charge on any atom is 0.303 e. The van der Waals surface area contributed by atoms with Gasteiger partial charge in [-0.05, 0) is 41.9 Å². The number of esters is 3. The lowest BCUT2D eigenvalue weighted by Crippen LogP contribution is -2.64. The standard InChI is InChI=1S/C32H46O13/c1-13-19(37)11-18-27(41-15(3)34)23-14(2)20(44-30-26(40)25(39)24(38)21(12-33)45-30)9-10-32(23,8)29(43-17(5)36)28(42-16(4)35)22(13)31(18,6)7/h18,20-21,23-30,33,38-40H,2,9-12H2,1,3-8H3. The zero-order valence-electron chi connectivity index (χ0n) is 26.8. The van der Waals surface area contributed by atoms with Crippen LogP contribution in [0.3, 0.4) is 0 Å². The molecule has 2 saturated carbocycles. The Morgan fingerprint density at radius 1 is 0.956 bits per heavy atom. The van der Waals surface area contributed by atoms with Crippen molar-refractivity contribution in [3.05, 3.63) is 23.3 Å². The maximum atomic E-state index is 13.6. The molecule has 1 aliphatic heterocycles. The summed E-state index contributed by atoms with van der Waals surface area (Å²) < 4.78 is 29.8. The molecular formula is C32H46O13. The molecular weight excluding hydrogens is 592 g/mol. The van der Waals surface area contributed by atoms with Crippen molar-refractivity contribution in [1.82, 2.24) is 0 Å². The van der Waals surface area contributed by atoms with Crippen LogP contribution in [0.15, 0.2) is 23.3 Å². The molecule has 1 heterocycles. The van der Waals surface area contributed by atoms with Crippen molar-refractivity contribution < 1.29 is 63.3 Å². The van der Waals surface area contributed by atoms with E-state index in [9.17, 15) is 39.6 Å². The van der Waals surface area contributed by atoms with Crippen LogP contribution in [0.2, 0.25) is 0 Å². The Bertz CT molecular complexity index is 1250. The van der Waals surface area contributed by atoms with Crippen LogP contribution < -0.4 is 0 Å². The quantitative estimate of drug-likeness (QED) is 0.182. The van der Waals surface area contributed by atoms with Crippen LogP contribution in [-0.2, 0) is 42.9 Å². The van der Waals surface area contributed by atoms with Gasteiger partial charge in [-0.15, -0.1) is 0 Å². The minimum atomic E-state index is -1.67. The number of hydrogen-bond acceptors (Lipinski definition) is 13. The van der Waals surface area contributed by atoms with Crippen molar-refractivity contribution in [3.8, 4) is 0 Å². The molecule has 13 nitrogen and oxygen atoms in total. The van der Waals surface area contributed by atoms with Crippen LogP contribution in [0.1, 0.15) is 67.7 Å². The summed E-state index contributed by atoms with van der Waals surface area (Å²) in [4.78, 5) is 51.5. The molecule has 252 valence electrons. The third-order valence-electron chi connectivity index (χ3n) is 10.3. The van der Waals surface area contributed by atoms with Crippen molar-refractivity contribution in [2.45, 2.75) is 123 Å². The molecule has 0 aromatic carbocycles. The number of fused-ring (bicyclic) bond motifs is 3. The topological polar surface area (TPSA) is 195 Å². The van der Waals surface area contributed by atoms with E-state index in [1.165, 1.54) is 20.8 Å². The second kappa shape index (κ2) is 12.8. The van der Waals surface area contributed by atoms with Gasteiger partial charge in [0.25, 0.3) is 0 Å². The third kappa shape index (κ3) is 6.22. The van der Waals surface area contributed by atoms with Crippen LogP contribution in [0, 0.1) is 22.7 Å². The number of rotatable bonds is 6. The van der Waals surface area contributed by atoms with Crippen molar-refractivity contribution >= 4 is 23.7 Å². The van der Waals surface area contributed by atoms with E-state index in [0.29, 0.717) is 16.7 Å². The number of carbonyl (C=O) groups excluding carboxylic acids is 4. The highest BCUT2D eigenvalue weighted by atomic mass is 16.7. The van der Waals surface area contributed by atoms with Gasteiger partial charge in [-0.2, -0.15) is 0 Å². The third-order valence-corrected chi connectivity index (χ3v) is 10.3. The molecule has 0 radical (unpaired) electrons. The molecule has 4 aliphatic rings. The van der Waals surface area contributed by atoms with Crippen molar-refractivity contribution in [2.24, 2.45) is 22.7 Å².